The van der Waals surface area contributed by atoms with Gasteiger partial charge < -0.3 is 5.32 Å². The van der Waals surface area contributed by atoms with Gasteiger partial charge in [0.05, 0.1) is 5.69 Å². The molecule has 3 nitrogen and oxygen atoms in total. The Bertz CT molecular complexity index is 648. The Kier molecular flexibility index (Phi) is 3.57. The monoisotopic (exact) mass is 330 g/mol. The third-order valence-corrected chi connectivity index (χ3v) is 3.88. The normalized spacial score (nSPS) is 14.1. The van der Waals surface area contributed by atoms with E-state index in [1.807, 2.05) is 37.3 Å². The van der Waals surface area contributed by atoms with Crippen LogP contribution in [0.5, 0.6) is 0 Å². The average molecular weight is 331 g/mol. The first-order valence-corrected chi connectivity index (χ1v) is 7.46. The molecule has 0 bridgehead atoms. The molecule has 0 unspecified atom stereocenters. The van der Waals surface area contributed by atoms with E-state index in [2.05, 4.69) is 26.2 Å². The van der Waals surface area contributed by atoms with Crippen LogP contribution in [0.1, 0.15) is 28.8 Å². The van der Waals surface area contributed by atoms with Crippen molar-refractivity contribution >= 4 is 21.8 Å². The van der Waals surface area contributed by atoms with Crippen LogP contribution >= 0.6 is 15.9 Å². The molecule has 1 aromatic carbocycles. The van der Waals surface area contributed by atoms with E-state index in [1.54, 1.807) is 6.20 Å². The predicted molar refractivity (Wildman–Crippen MR) is 82.6 cm³/mol. The molecule has 1 aliphatic rings. The van der Waals surface area contributed by atoms with Crippen LogP contribution in [-0.2, 0) is 0 Å². The van der Waals surface area contributed by atoms with Crippen molar-refractivity contribution in [3.05, 3.63) is 52.1 Å². The van der Waals surface area contributed by atoms with E-state index < -0.39 is 0 Å². The number of aryl methyl sites for hydroxylation is 1. The van der Waals surface area contributed by atoms with E-state index in [-0.39, 0.29) is 5.91 Å². The molecule has 0 aliphatic heterocycles. The van der Waals surface area contributed by atoms with Crippen molar-refractivity contribution < 1.29 is 4.79 Å². The van der Waals surface area contributed by atoms with Gasteiger partial charge in [0.2, 0.25) is 0 Å². The first-order valence-electron chi connectivity index (χ1n) is 6.67. The Hall–Kier alpha value is -1.68. The van der Waals surface area contributed by atoms with E-state index in [0.717, 1.165) is 34.1 Å². The third-order valence-electron chi connectivity index (χ3n) is 3.42. The summed E-state index contributed by atoms with van der Waals surface area (Å²) in [7, 11) is 0. The van der Waals surface area contributed by atoms with E-state index in [0.29, 0.717) is 11.6 Å². The van der Waals surface area contributed by atoms with E-state index >= 15 is 0 Å². The number of nitrogens with zero attached hydrogens (tertiary/aromatic N) is 1. The molecule has 1 heterocycles. The van der Waals surface area contributed by atoms with Gasteiger partial charge >= 0.3 is 0 Å². The average Bonchev–Trinajstić information content (AvgIpc) is 3.24. The number of benzene rings is 1. The maximum absolute atomic E-state index is 12.1. The lowest BCUT2D eigenvalue weighted by atomic mass is 10.0. The molecule has 1 aliphatic carbocycles. The van der Waals surface area contributed by atoms with E-state index in [4.69, 9.17) is 0 Å². The van der Waals surface area contributed by atoms with Crippen LogP contribution in [0.2, 0.25) is 0 Å². The molecule has 1 N–H and O–H groups in total. The molecular weight excluding hydrogens is 316 g/mol. The maximum atomic E-state index is 12.1. The molecule has 0 saturated heterocycles. The lowest BCUT2D eigenvalue weighted by Crippen LogP contribution is -2.25. The first-order chi connectivity index (χ1) is 9.63. The third kappa shape index (κ3) is 2.90. The highest BCUT2D eigenvalue weighted by Gasteiger charge is 2.24. The topological polar surface area (TPSA) is 42.0 Å². The molecule has 20 heavy (non-hydrogen) atoms. The highest BCUT2D eigenvalue weighted by atomic mass is 79.9. The highest BCUT2D eigenvalue weighted by molar-refractivity contribution is 9.10. The van der Waals surface area contributed by atoms with Crippen LogP contribution in [0.3, 0.4) is 0 Å². The molecule has 2 aromatic rings. The number of pyridine rings is 1. The van der Waals surface area contributed by atoms with Crippen LogP contribution in [0.25, 0.3) is 11.3 Å². The number of nitrogens with one attached hydrogen (secondary N) is 1. The van der Waals surface area contributed by atoms with Gasteiger partial charge in [-0.2, -0.15) is 0 Å². The summed E-state index contributed by atoms with van der Waals surface area (Å²) in [6.45, 7) is 2.03. The fraction of sp³-hybridized carbons (Fsp3) is 0.250. The molecule has 102 valence electrons. The Morgan fingerprint density at radius 1 is 1.30 bits per heavy atom. The summed E-state index contributed by atoms with van der Waals surface area (Å²) in [6, 6.07) is 10.0. The summed E-state index contributed by atoms with van der Waals surface area (Å²) in [5.41, 5.74) is 3.69. The number of carbonyl (C=O) groups is 1. The molecule has 0 radical (unpaired) electrons. The maximum Gasteiger partial charge on any atom is 0.251 e. The van der Waals surface area contributed by atoms with Gasteiger partial charge in [-0.05, 0) is 65.5 Å². The van der Waals surface area contributed by atoms with Gasteiger partial charge in [-0.1, -0.05) is 6.07 Å². The van der Waals surface area contributed by atoms with Gasteiger partial charge in [-0.3, -0.25) is 9.78 Å². The number of rotatable bonds is 3. The molecule has 1 amide bonds. The quantitative estimate of drug-likeness (QED) is 0.932. The summed E-state index contributed by atoms with van der Waals surface area (Å²) in [4.78, 5) is 16.5. The van der Waals surface area contributed by atoms with Crippen molar-refractivity contribution in [2.24, 2.45) is 0 Å². The minimum atomic E-state index is 0.00543. The Balaban J connectivity index is 1.93. The fourth-order valence-electron chi connectivity index (χ4n) is 2.07. The molecule has 3 rings (SSSR count). The lowest BCUT2D eigenvalue weighted by molar-refractivity contribution is 0.0951. The standard InChI is InChI=1S/C16H15BrN2O/c1-10-2-3-11(16(20)19-13-5-6-13)8-14(10)15-7-4-12(17)9-18-15/h2-4,7-9,13H,5-6H2,1H3,(H,19,20). The Morgan fingerprint density at radius 2 is 2.10 bits per heavy atom. The van der Waals surface area contributed by atoms with Gasteiger partial charge in [0, 0.05) is 27.8 Å². The van der Waals surface area contributed by atoms with E-state index in [1.165, 1.54) is 0 Å². The second-order valence-electron chi connectivity index (χ2n) is 5.14. The molecule has 1 aromatic heterocycles. The zero-order valence-electron chi connectivity index (χ0n) is 11.2. The Labute approximate surface area is 126 Å². The summed E-state index contributed by atoms with van der Waals surface area (Å²) in [5.74, 6) is 0.00543. The lowest BCUT2D eigenvalue weighted by Gasteiger charge is -2.09. The number of hydrogen-bond acceptors (Lipinski definition) is 2. The summed E-state index contributed by atoms with van der Waals surface area (Å²) < 4.78 is 0.946. The van der Waals surface area contributed by atoms with Crippen molar-refractivity contribution in [1.29, 1.82) is 0 Å². The van der Waals surface area contributed by atoms with Crippen molar-refractivity contribution in [1.82, 2.24) is 10.3 Å². The van der Waals surface area contributed by atoms with Crippen LogP contribution in [0.15, 0.2) is 41.0 Å². The van der Waals surface area contributed by atoms with Gasteiger partial charge in [0.25, 0.3) is 5.91 Å². The van der Waals surface area contributed by atoms with Crippen LogP contribution in [-0.4, -0.2) is 16.9 Å². The number of hydrogen-bond donors (Lipinski definition) is 1. The SMILES string of the molecule is Cc1ccc(C(=O)NC2CC2)cc1-c1ccc(Br)cn1. The highest BCUT2D eigenvalue weighted by Crippen LogP contribution is 2.25. The molecule has 0 spiro atoms. The minimum Gasteiger partial charge on any atom is -0.349 e. The Morgan fingerprint density at radius 3 is 2.75 bits per heavy atom. The molecule has 1 fully saturated rings. The summed E-state index contributed by atoms with van der Waals surface area (Å²) in [6.07, 6.45) is 3.96. The van der Waals surface area contributed by atoms with Crippen LogP contribution < -0.4 is 5.32 Å². The predicted octanol–water partition coefficient (Wildman–Crippen LogP) is 3.71. The number of carbonyl (C=O) groups excluding carboxylic acids is 1. The number of amides is 1. The van der Waals surface area contributed by atoms with Crippen molar-refractivity contribution in [2.75, 3.05) is 0 Å². The number of aromatic nitrogens is 1. The molecular formula is C16H15BrN2O. The first kappa shape index (κ1) is 13.3. The van der Waals surface area contributed by atoms with Gasteiger partial charge in [-0.25, -0.2) is 0 Å². The van der Waals surface area contributed by atoms with Gasteiger partial charge in [-0.15, -0.1) is 0 Å². The van der Waals surface area contributed by atoms with Gasteiger partial charge in [0.1, 0.15) is 0 Å². The minimum absolute atomic E-state index is 0.00543. The molecule has 4 heteroatoms. The smallest absolute Gasteiger partial charge is 0.251 e. The molecule has 0 atom stereocenters. The zero-order valence-corrected chi connectivity index (χ0v) is 12.8. The van der Waals surface area contributed by atoms with Gasteiger partial charge in [0.15, 0.2) is 0 Å². The summed E-state index contributed by atoms with van der Waals surface area (Å²) >= 11 is 3.38. The second-order valence-corrected chi connectivity index (χ2v) is 6.05. The zero-order chi connectivity index (χ0) is 14.1. The number of halogens is 1. The van der Waals surface area contributed by atoms with E-state index in [9.17, 15) is 4.79 Å². The van der Waals surface area contributed by atoms with Crippen molar-refractivity contribution in [3.63, 3.8) is 0 Å². The van der Waals surface area contributed by atoms with Crippen LogP contribution in [0.4, 0.5) is 0 Å². The largest absolute Gasteiger partial charge is 0.349 e. The molecule has 1 saturated carbocycles. The summed E-state index contributed by atoms with van der Waals surface area (Å²) in [5, 5.41) is 3.01. The van der Waals surface area contributed by atoms with Crippen molar-refractivity contribution in [3.8, 4) is 11.3 Å². The van der Waals surface area contributed by atoms with Crippen LogP contribution in [0, 0.1) is 6.92 Å². The second kappa shape index (κ2) is 5.37. The van der Waals surface area contributed by atoms with Crippen molar-refractivity contribution in [2.45, 2.75) is 25.8 Å². The fourth-order valence-corrected chi connectivity index (χ4v) is 2.31.